The Bertz CT molecular complexity index is 881. The van der Waals surface area contributed by atoms with E-state index in [0.29, 0.717) is 41.1 Å². The summed E-state index contributed by atoms with van der Waals surface area (Å²) < 4.78 is 17.3. The van der Waals surface area contributed by atoms with E-state index in [9.17, 15) is 0 Å². The maximum Gasteiger partial charge on any atom is 0.296 e. The van der Waals surface area contributed by atoms with Crippen molar-refractivity contribution in [3.8, 4) is 17.3 Å². The molecule has 0 bridgehead atoms. The van der Waals surface area contributed by atoms with Gasteiger partial charge < -0.3 is 19.2 Å². The summed E-state index contributed by atoms with van der Waals surface area (Å²) in [6, 6.07) is 2.18. The quantitative estimate of drug-likeness (QED) is 0.751. The molecule has 0 radical (unpaired) electrons. The molecule has 124 valence electrons. The molecule has 3 aromatic heterocycles. The number of aromatic amines is 2. The minimum Gasteiger partial charge on any atom is -0.456 e. The number of pyridine rings is 1. The Labute approximate surface area is 141 Å². The smallest absolute Gasteiger partial charge is 0.296 e. The average molecular weight is 348 g/mol. The second-order valence-corrected chi connectivity index (χ2v) is 6.28. The zero-order valence-corrected chi connectivity index (χ0v) is 13.3. The lowest BCUT2D eigenvalue weighted by Gasteiger charge is -2.15. The monoisotopic (exact) mass is 347 g/mol. The number of hydrogen-bond acceptors (Lipinski definition) is 6. The summed E-state index contributed by atoms with van der Waals surface area (Å²) in [5.41, 5.74) is 2.68. The molecule has 8 nitrogen and oxygen atoms in total. The highest BCUT2D eigenvalue weighted by molar-refractivity contribution is 6.33. The van der Waals surface area contributed by atoms with Crippen LogP contribution in [0, 0.1) is 0 Å². The fraction of sp³-hybridized carbons (Fsp3) is 0.400. The third-order valence-electron chi connectivity index (χ3n) is 4.36. The van der Waals surface area contributed by atoms with E-state index in [1.54, 1.807) is 18.5 Å². The first kappa shape index (κ1) is 14.2. The lowest BCUT2D eigenvalue weighted by molar-refractivity contribution is 0.0273. The summed E-state index contributed by atoms with van der Waals surface area (Å²) >= 11 is 6.31. The van der Waals surface area contributed by atoms with Gasteiger partial charge in [-0.05, 0) is 12.5 Å². The SMILES string of the molecule is Clc1cc2[nH]c(OC3CO[C@@H]4CCO[C@H]34)nc2nc1-c1cn[nH]c1. The number of imidazole rings is 1. The number of nitrogens with zero attached hydrogens (tertiary/aromatic N) is 3. The average Bonchev–Trinajstić information content (AvgIpc) is 3.31. The highest BCUT2D eigenvalue weighted by atomic mass is 35.5. The number of nitrogens with one attached hydrogen (secondary N) is 2. The molecule has 9 heteroatoms. The van der Waals surface area contributed by atoms with Gasteiger partial charge in [0.05, 0.1) is 35.1 Å². The molecule has 0 amide bonds. The Morgan fingerprint density at radius 3 is 3.12 bits per heavy atom. The van der Waals surface area contributed by atoms with Gasteiger partial charge in [-0.3, -0.25) is 5.10 Å². The maximum atomic E-state index is 6.31. The van der Waals surface area contributed by atoms with Crippen molar-refractivity contribution >= 4 is 22.8 Å². The topological polar surface area (TPSA) is 97.9 Å². The molecule has 2 aliphatic heterocycles. The van der Waals surface area contributed by atoms with Crippen molar-refractivity contribution in [3.05, 3.63) is 23.5 Å². The van der Waals surface area contributed by atoms with Crippen LogP contribution in [-0.2, 0) is 9.47 Å². The van der Waals surface area contributed by atoms with E-state index in [1.165, 1.54) is 0 Å². The van der Waals surface area contributed by atoms with Crippen LogP contribution < -0.4 is 4.74 Å². The van der Waals surface area contributed by atoms with E-state index in [1.807, 2.05) is 0 Å². The highest BCUT2D eigenvalue weighted by Crippen LogP contribution is 2.31. The number of H-pyrrole nitrogens is 2. The van der Waals surface area contributed by atoms with Crippen LogP contribution in [0.1, 0.15) is 6.42 Å². The van der Waals surface area contributed by atoms with Crippen molar-refractivity contribution in [2.75, 3.05) is 13.2 Å². The van der Waals surface area contributed by atoms with Gasteiger partial charge in [-0.2, -0.15) is 10.1 Å². The van der Waals surface area contributed by atoms with E-state index in [2.05, 4.69) is 25.1 Å². The predicted molar refractivity (Wildman–Crippen MR) is 85.0 cm³/mol. The van der Waals surface area contributed by atoms with Gasteiger partial charge in [-0.15, -0.1) is 0 Å². The van der Waals surface area contributed by atoms with Gasteiger partial charge in [-0.1, -0.05) is 11.6 Å². The Morgan fingerprint density at radius 1 is 1.29 bits per heavy atom. The summed E-state index contributed by atoms with van der Waals surface area (Å²) in [6.45, 7) is 1.21. The van der Waals surface area contributed by atoms with Crippen LogP contribution in [-0.4, -0.2) is 56.7 Å². The van der Waals surface area contributed by atoms with Gasteiger partial charge in [-0.25, -0.2) is 4.98 Å². The van der Waals surface area contributed by atoms with Crippen LogP contribution in [0.25, 0.3) is 22.4 Å². The van der Waals surface area contributed by atoms with Gasteiger partial charge in [0.1, 0.15) is 6.10 Å². The molecule has 2 aliphatic rings. The van der Waals surface area contributed by atoms with Crippen molar-refractivity contribution < 1.29 is 14.2 Å². The number of hydrogen-bond donors (Lipinski definition) is 2. The summed E-state index contributed by atoms with van der Waals surface area (Å²) in [4.78, 5) is 12.0. The summed E-state index contributed by atoms with van der Waals surface area (Å²) in [6.07, 6.45) is 4.24. The third-order valence-corrected chi connectivity index (χ3v) is 4.65. The van der Waals surface area contributed by atoms with Crippen molar-refractivity contribution in [1.29, 1.82) is 0 Å². The second kappa shape index (κ2) is 5.44. The first-order chi connectivity index (χ1) is 11.8. The third kappa shape index (κ3) is 2.26. The number of aromatic nitrogens is 5. The number of ether oxygens (including phenoxy) is 3. The van der Waals surface area contributed by atoms with Crippen LogP contribution in [0.3, 0.4) is 0 Å². The minimum absolute atomic E-state index is 0.0312. The molecule has 5 heterocycles. The molecule has 2 N–H and O–H groups in total. The van der Waals surface area contributed by atoms with Gasteiger partial charge >= 0.3 is 0 Å². The van der Waals surface area contributed by atoms with Crippen LogP contribution in [0.2, 0.25) is 5.02 Å². The largest absolute Gasteiger partial charge is 0.456 e. The molecule has 0 aromatic carbocycles. The van der Waals surface area contributed by atoms with Crippen molar-refractivity contribution in [2.45, 2.75) is 24.7 Å². The second-order valence-electron chi connectivity index (χ2n) is 5.87. The summed E-state index contributed by atoms with van der Waals surface area (Å²) in [7, 11) is 0. The van der Waals surface area contributed by atoms with Gasteiger partial charge in [0.25, 0.3) is 6.01 Å². The van der Waals surface area contributed by atoms with Crippen LogP contribution in [0.4, 0.5) is 0 Å². The van der Waals surface area contributed by atoms with E-state index in [4.69, 9.17) is 25.8 Å². The van der Waals surface area contributed by atoms with Gasteiger partial charge in [0.15, 0.2) is 11.8 Å². The lowest BCUT2D eigenvalue weighted by atomic mass is 10.1. The van der Waals surface area contributed by atoms with Crippen LogP contribution in [0.5, 0.6) is 6.01 Å². The fourth-order valence-corrected chi connectivity index (χ4v) is 3.47. The number of rotatable bonds is 3. The molecule has 1 unspecified atom stereocenters. The van der Waals surface area contributed by atoms with Crippen LogP contribution in [0.15, 0.2) is 18.5 Å². The summed E-state index contributed by atoms with van der Waals surface area (Å²) in [5.74, 6) is 0. The molecule has 0 saturated carbocycles. The Hall–Kier alpha value is -2.16. The molecule has 2 fully saturated rings. The molecule has 0 spiro atoms. The molecular weight excluding hydrogens is 334 g/mol. The molecule has 24 heavy (non-hydrogen) atoms. The molecule has 0 aliphatic carbocycles. The number of fused-ring (bicyclic) bond motifs is 2. The normalized spacial score (nSPS) is 26.1. The number of halogens is 1. The van der Waals surface area contributed by atoms with E-state index >= 15 is 0 Å². The van der Waals surface area contributed by atoms with Gasteiger partial charge in [0.2, 0.25) is 0 Å². The minimum atomic E-state index is -0.165. The zero-order chi connectivity index (χ0) is 16.1. The molecule has 3 aromatic rings. The van der Waals surface area contributed by atoms with Crippen molar-refractivity contribution in [1.82, 2.24) is 25.1 Å². The summed E-state index contributed by atoms with van der Waals surface area (Å²) in [5, 5.41) is 7.18. The van der Waals surface area contributed by atoms with E-state index in [-0.39, 0.29) is 18.3 Å². The first-order valence-electron chi connectivity index (χ1n) is 7.73. The predicted octanol–water partition coefficient (Wildman–Crippen LogP) is 1.94. The molecular formula is C15H14ClN5O3. The Morgan fingerprint density at radius 2 is 2.25 bits per heavy atom. The standard InChI is InChI=1S/C15H14ClN5O3/c16-8-3-9-14(20-12(8)7-4-17-18-5-7)21-15(19-9)24-11-6-23-10-1-2-22-13(10)11/h3-5,10-11,13H,1-2,6H2,(H,17,18)(H,19,20,21)/t10-,11?,13+/m1/s1. The van der Waals surface area contributed by atoms with Crippen molar-refractivity contribution in [3.63, 3.8) is 0 Å². The zero-order valence-electron chi connectivity index (χ0n) is 12.5. The fourth-order valence-electron chi connectivity index (χ4n) is 3.21. The van der Waals surface area contributed by atoms with Crippen LogP contribution >= 0.6 is 11.6 Å². The molecule has 2 saturated heterocycles. The maximum absolute atomic E-state index is 6.31. The van der Waals surface area contributed by atoms with E-state index < -0.39 is 0 Å². The van der Waals surface area contributed by atoms with Crippen molar-refractivity contribution in [2.24, 2.45) is 0 Å². The lowest BCUT2D eigenvalue weighted by Crippen LogP contribution is -2.32. The first-order valence-corrected chi connectivity index (χ1v) is 8.11. The van der Waals surface area contributed by atoms with E-state index in [0.717, 1.165) is 12.0 Å². The molecule has 5 rings (SSSR count). The Balaban J connectivity index is 1.45. The van der Waals surface area contributed by atoms with Gasteiger partial charge in [0, 0.05) is 18.4 Å². The molecule has 3 atom stereocenters. The Kier molecular flexibility index (Phi) is 3.22. The highest BCUT2D eigenvalue weighted by Gasteiger charge is 2.43.